The molecule has 0 aliphatic heterocycles. The zero-order valence-electron chi connectivity index (χ0n) is 16.7. The van der Waals surface area contributed by atoms with Crippen LogP contribution < -0.4 is 4.74 Å². The maximum atomic E-state index is 5.29. The van der Waals surface area contributed by atoms with Gasteiger partial charge in [-0.1, -0.05) is 36.9 Å². The van der Waals surface area contributed by atoms with Gasteiger partial charge in [0.1, 0.15) is 11.6 Å². The fourth-order valence-corrected chi connectivity index (χ4v) is 4.59. The zero-order chi connectivity index (χ0) is 19.9. The van der Waals surface area contributed by atoms with E-state index in [1.165, 1.54) is 0 Å². The summed E-state index contributed by atoms with van der Waals surface area (Å²) in [4.78, 5) is 9.03. The number of ether oxygens (including phenoxy) is 1. The molecule has 0 bridgehead atoms. The van der Waals surface area contributed by atoms with Crippen LogP contribution in [0.5, 0.6) is 5.75 Å². The average molecular weight is 416 g/mol. The molecular weight excluding hydrogens is 390 g/mol. The maximum Gasteiger partial charge on any atom is 0.195 e. The SMILES string of the molecule is CCCCSc1nnc(CSc2nc(C)cc(C)n2)n1-c1ccc(OC)cc1. The zero-order valence-corrected chi connectivity index (χ0v) is 18.3. The van der Waals surface area contributed by atoms with Crippen LogP contribution in [0.25, 0.3) is 5.69 Å². The van der Waals surface area contributed by atoms with Crippen molar-refractivity contribution in [1.82, 2.24) is 24.7 Å². The first-order valence-corrected chi connectivity index (χ1v) is 11.2. The molecule has 1 aromatic carbocycles. The van der Waals surface area contributed by atoms with Crippen LogP contribution in [0.15, 0.2) is 40.6 Å². The molecule has 2 heterocycles. The quantitative estimate of drug-likeness (QED) is 0.281. The van der Waals surface area contributed by atoms with Gasteiger partial charge in [0, 0.05) is 22.8 Å². The predicted octanol–water partition coefficient (Wildman–Crippen LogP) is 4.87. The highest BCUT2D eigenvalue weighted by atomic mass is 32.2. The molecule has 0 spiro atoms. The second kappa shape index (κ2) is 9.93. The molecule has 0 N–H and O–H groups in total. The summed E-state index contributed by atoms with van der Waals surface area (Å²) in [5.74, 6) is 3.39. The molecule has 148 valence electrons. The highest BCUT2D eigenvalue weighted by Crippen LogP contribution is 2.27. The van der Waals surface area contributed by atoms with E-state index in [1.54, 1.807) is 30.6 Å². The van der Waals surface area contributed by atoms with Crippen molar-refractivity contribution >= 4 is 23.5 Å². The van der Waals surface area contributed by atoms with Gasteiger partial charge in [-0.05, 0) is 50.6 Å². The number of unbranched alkanes of at least 4 members (excludes halogenated alkanes) is 1. The largest absolute Gasteiger partial charge is 0.497 e. The van der Waals surface area contributed by atoms with Gasteiger partial charge in [0.15, 0.2) is 10.3 Å². The second-order valence-electron chi connectivity index (χ2n) is 6.36. The van der Waals surface area contributed by atoms with Gasteiger partial charge in [0.2, 0.25) is 0 Å². The summed E-state index contributed by atoms with van der Waals surface area (Å²) in [5.41, 5.74) is 2.98. The van der Waals surface area contributed by atoms with E-state index in [9.17, 15) is 0 Å². The second-order valence-corrected chi connectivity index (χ2v) is 8.36. The Kier molecular flexibility index (Phi) is 7.33. The van der Waals surface area contributed by atoms with Gasteiger partial charge in [-0.25, -0.2) is 9.97 Å². The first kappa shape index (κ1) is 20.7. The Bertz CT molecular complexity index is 891. The van der Waals surface area contributed by atoms with Crippen molar-refractivity contribution in [2.45, 2.75) is 49.7 Å². The number of thioether (sulfide) groups is 2. The van der Waals surface area contributed by atoms with E-state index in [0.29, 0.717) is 5.75 Å². The minimum Gasteiger partial charge on any atom is -0.497 e. The van der Waals surface area contributed by atoms with Crippen LogP contribution in [0.1, 0.15) is 37.0 Å². The lowest BCUT2D eigenvalue weighted by atomic mass is 10.3. The minimum atomic E-state index is 0.649. The molecule has 2 aromatic heterocycles. The molecule has 0 aliphatic rings. The molecular formula is C20H25N5OS2. The lowest BCUT2D eigenvalue weighted by Crippen LogP contribution is -2.03. The number of benzene rings is 1. The van der Waals surface area contributed by atoms with E-state index < -0.39 is 0 Å². The summed E-state index contributed by atoms with van der Waals surface area (Å²) < 4.78 is 7.41. The first-order valence-electron chi connectivity index (χ1n) is 9.27. The van der Waals surface area contributed by atoms with Gasteiger partial charge in [-0.15, -0.1) is 10.2 Å². The van der Waals surface area contributed by atoms with Crippen molar-refractivity contribution in [3.63, 3.8) is 0 Å². The van der Waals surface area contributed by atoms with E-state index in [2.05, 4.69) is 31.7 Å². The van der Waals surface area contributed by atoms with Crippen molar-refractivity contribution in [1.29, 1.82) is 0 Å². The van der Waals surface area contributed by atoms with Crippen LogP contribution in [-0.4, -0.2) is 37.6 Å². The lowest BCUT2D eigenvalue weighted by molar-refractivity contribution is 0.414. The molecule has 0 unspecified atom stereocenters. The smallest absolute Gasteiger partial charge is 0.195 e. The standard InChI is InChI=1S/C20H25N5OS2/c1-5-6-11-27-20-24-23-18(13-28-19-21-14(2)12-15(3)22-19)25(20)16-7-9-17(26-4)10-8-16/h7-10,12H,5-6,11,13H2,1-4H3. The molecule has 0 saturated heterocycles. The van der Waals surface area contributed by atoms with Crippen molar-refractivity contribution in [3.05, 3.63) is 47.5 Å². The Morgan fingerprint density at radius 3 is 2.36 bits per heavy atom. The summed E-state index contributed by atoms with van der Waals surface area (Å²) in [6.45, 7) is 6.17. The van der Waals surface area contributed by atoms with E-state index in [1.807, 2.05) is 44.2 Å². The van der Waals surface area contributed by atoms with Crippen molar-refractivity contribution in [2.75, 3.05) is 12.9 Å². The van der Waals surface area contributed by atoms with E-state index in [-0.39, 0.29) is 0 Å². The van der Waals surface area contributed by atoms with Gasteiger partial charge in [0.25, 0.3) is 0 Å². The monoisotopic (exact) mass is 415 g/mol. The number of rotatable bonds is 9. The Morgan fingerprint density at radius 1 is 1.00 bits per heavy atom. The molecule has 0 aliphatic carbocycles. The number of hydrogen-bond donors (Lipinski definition) is 0. The highest BCUT2D eigenvalue weighted by molar-refractivity contribution is 7.99. The van der Waals surface area contributed by atoms with Crippen molar-refractivity contribution in [2.24, 2.45) is 0 Å². The predicted molar refractivity (Wildman–Crippen MR) is 115 cm³/mol. The minimum absolute atomic E-state index is 0.649. The summed E-state index contributed by atoms with van der Waals surface area (Å²) >= 11 is 3.32. The van der Waals surface area contributed by atoms with Crippen LogP contribution >= 0.6 is 23.5 Å². The van der Waals surface area contributed by atoms with E-state index in [4.69, 9.17) is 4.74 Å². The summed E-state index contributed by atoms with van der Waals surface area (Å²) in [7, 11) is 1.67. The Labute approximate surface area is 174 Å². The van der Waals surface area contributed by atoms with Gasteiger partial charge < -0.3 is 4.74 Å². The molecule has 8 heteroatoms. The number of hydrogen-bond acceptors (Lipinski definition) is 7. The van der Waals surface area contributed by atoms with Crippen LogP contribution in [-0.2, 0) is 5.75 Å². The third kappa shape index (κ3) is 5.26. The molecule has 28 heavy (non-hydrogen) atoms. The Morgan fingerprint density at radius 2 is 1.71 bits per heavy atom. The maximum absolute atomic E-state index is 5.29. The lowest BCUT2D eigenvalue weighted by Gasteiger charge is -2.11. The van der Waals surface area contributed by atoms with Gasteiger partial charge in [-0.2, -0.15) is 0 Å². The third-order valence-electron chi connectivity index (χ3n) is 4.05. The molecule has 0 saturated carbocycles. The van der Waals surface area contributed by atoms with Crippen LogP contribution in [0.2, 0.25) is 0 Å². The molecule has 0 amide bonds. The summed E-state index contributed by atoms with van der Waals surface area (Å²) in [6, 6.07) is 9.97. The number of aromatic nitrogens is 5. The average Bonchev–Trinajstić information content (AvgIpc) is 3.09. The summed E-state index contributed by atoms with van der Waals surface area (Å²) in [5, 5.41) is 10.6. The highest BCUT2D eigenvalue weighted by Gasteiger charge is 2.15. The topological polar surface area (TPSA) is 65.7 Å². The van der Waals surface area contributed by atoms with Crippen LogP contribution in [0.4, 0.5) is 0 Å². The van der Waals surface area contributed by atoms with E-state index in [0.717, 1.165) is 57.6 Å². The number of nitrogens with zero attached hydrogens (tertiary/aromatic N) is 5. The molecule has 0 fully saturated rings. The Balaban J connectivity index is 1.86. The number of methoxy groups -OCH3 is 1. The van der Waals surface area contributed by atoms with Gasteiger partial charge >= 0.3 is 0 Å². The van der Waals surface area contributed by atoms with Crippen LogP contribution in [0.3, 0.4) is 0 Å². The van der Waals surface area contributed by atoms with Gasteiger partial charge in [0.05, 0.1) is 12.9 Å². The van der Waals surface area contributed by atoms with E-state index >= 15 is 0 Å². The molecule has 0 radical (unpaired) electrons. The third-order valence-corrected chi connectivity index (χ3v) is 5.91. The van der Waals surface area contributed by atoms with Gasteiger partial charge in [-0.3, -0.25) is 4.57 Å². The first-order chi connectivity index (χ1) is 13.6. The Hall–Kier alpha value is -2.06. The fourth-order valence-electron chi connectivity index (χ4n) is 2.67. The van der Waals surface area contributed by atoms with Crippen LogP contribution in [0, 0.1) is 13.8 Å². The molecule has 3 rings (SSSR count). The molecule has 3 aromatic rings. The fraction of sp³-hybridized carbons (Fsp3) is 0.400. The molecule has 6 nitrogen and oxygen atoms in total. The normalized spacial score (nSPS) is 11.0. The summed E-state index contributed by atoms with van der Waals surface area (Å²) in [6.07, 6.45) is 2.32. The molecule has 0 atom stereocenters. The van der Waals surface area contributed by atoms with Crippen molar-refractivity contribution in [3.8, 4) is 11.4 Å². The van der Waals surface area contributed by atoms with Crippen molar-refractivity contribution < 1.29 is 4.74 Å². The number of aryl methyl sites for hydroxylation is 2.